The highest BCUT2D eigenvalue weighted by atomic mass is 19.1. The molecule has 3 N–H and O–H groups in total. The first-order valence-corrected chi connectivity index (χ1v) is 9.47. The number of esters is 1. The van der Waals surface area contributed by atoms with E-state index >= 15 is 0 Å². The number of benzene rings is 1. The zero-order valence-corrected chi connectivity index (χ0v) is 16.2. The maximum Gasteiger partial charge on any atom is 0.343 e. The van der Waals surface area contributed by atoms with Crippen LogP contribution in [-0.4, -0.2) is 39.8 Å². The van der Waals surface area contributed by atoms with Crippen molar-refractivity contribution in [3.8, 4) is 5.75 Å². The van der Waals surface area contributed by atoms with Crippen molar-refractivity contribution < 1.29 is 18.7 Å². The number of hydrogen-bond donors (Lipinski definition) is 2. The maximum absolute atomic E-state index is 14.1. The lowest BCUT2D eigenvalue weighted by Gasteiger charge is -2.19. The number of rotatable bonds is 6. The lowest BCUT2D eigenvalue weighted by molar-refractivity contribution is 0.0528. The summed E-state index contributed by atoms with van der Waals surface area (Å²) in [5, 5.41) is 7.37. The second-order valence-corrected chi connectivity index (χ2v) is 6.89. The number of nitrogens with two attached hydrogens (primary N) is 1. The molecule has 8 nitrogen and oxygen atoms in total. The van der Waals surface area contributed by atoms with Crippen LogP contribution in [-0.2, 0) is 11.2 Å². The first-order valence-electron chi connectivity index (χ1n) is 9.47. The van der Waals surface area contributed by atoms with E-state index in [0.717, 1.165) is 5.56 Å². The Hall–Kier alpha value is -3.20. The number of nitrogens with zero attached hydrogens (tertiary/aromatic N) is 3. The molecule has 1 aliphatic rings. The van der Waals surface area contributed by atoms with E-state index in [2.05, 4.69) is 15.4 Å². The second-order valence-electron chi connectivity index (χ2n) is 6.89. The van der Waals surface area contributed by atoms with Crippen LogP contribution in [0.25, 0.3) is 5.65 Å². The van der Waals surface area contributed by atoms with Crippen molar-refractivity contribution in [3.63, 3.8) is 0 Å². The maximum atomic E-state index is 14.1. The van der Waals surface area contributed by atoms with E-state index in [0.29, 0.717) is 35.7 Å². The Morgan fingerprint density at radius 1 is 1.52 bits per heavy atom. The van der Waals surface area contributed by atoms with Gasteiger partial charge >= 0.3 is 5.97 Å². The van der Waals surface area contributed by atoms with Crippen LogP contribution in [0.5, 0.6) is 5.75 Å². The van der Waals surface area contributed by atoms with Gasteiger partial charge in [0.15, 0.2) is 5.65 Å². The van der Waals surface area contributed by atoms with Gasteiger partial charge in [0.05, 0.1) is 18.8 Å². The van der Waals surface area contributed by atoms with Gasteiger partial charge < -0.3 is 20.5 Å². The SMILES string of the molecule is CCOC(=O)c1cnn2ccc(NC(C)c3cc(F)cc4c3OC(CN)C4)nc12. The molecule has 0 saturated carbocycles. The standard InChI is InChI=1S/C20H22FN5O3/c1-3-28-20(27)16-10-23-26-5-4-17(25-19(16)26)24-11(2)15-8-13(21)6-12-7-14(9-22)29-18(12)15/h4-6,8,10-11,14H,3,7,9,22H2,1-2H3,(H,24,25). The molecule has 0 radical (unpaired) electrons. The fourth-order valence-electron chi connectivity index (χ4n) is 3.48. The van der Waals surface area contributed by atoms with Crippen LogP contribution in [0.15, 0.2) is 30.6 Å². The Morgan fingerprint density at radius 2 is 2.34 bits per heavy atom. The number of carbonyl (C=O) groups excluding carboxylic acids is 1. The van der Waals surface area contributed by atoms with Gasteiger partial charge in [0, 0.05) is 30.3 Å². The highest BCUT2D eigenvalue weighted by Gasteiger charge is 2.27. The molecule has 0 aliphatic carbocycles. The summed E-state index contributed by atoms with van der Waals surface area (Å²) >= 11 is 0. The number of carbonyl (C=O) groups is 1. The number of nitrogens with one attached hydrogen (secondary N) is 1. The molecule has 152 valence electrons. The fourth-order valence-corrected chi connectivity index (χ4v) is 3.48. The Bertz CT molecular complexity index is 1070. The normalized spacial score (nSPS) is 16.3. The highest BCUT2D eigenvalue weighted by molar-refractivity contribution is 5.95. The van der Waals surface area contributed by atoms with E-state index in [9.17, 15) is 9.18 Å². The third kappa shape index (κ3) is 3.61. The Morgan fingerprint density at radius 3 is 3.10 bits per heavy atom. The van der Waals surface area contributed by atoms with E-state index in [1.165, 1.54) is 22.8 Å². The quantitative estimate of drug-likeness (QED) is 0.614. The fraction of sp³-hybridized carbons (Fsp3) is 0.350. The minimum Gasteiger partial charge on any atom is -0.488 e. The molecule has 3 heterocycles. The van der Waals surface area contributed by atoms with Gasteiger partial charge in [-0.3, -0.25) is 0 Å². The molecule has 1 aromatic carbocycles. The van der Waals surface area contributed by atoms with Gasteiger partial charge in [0.1, 0.15) is 29.1 Å². The molecule has 2 unspecified atom stereocenters. The number of ether oxygens (including phenoxy) is 2. The Kier molecular flexibility index (Phi) is 5.06. The van der Waals surface area contributed by atoms with Gasteiger partial charge in [-0.2, -0.15) is 5.10 Å². The number of hydrogen-bond acceptors (Lipinski definition) is 7. The molecule has 4 rings (SSSR count). The zero-order valence-electron chi connectivity index (χ0n) is 16.2. The van der Waals surface area contributed by atoms with Crippen LogP contribution in [0.1, 0.15) is 41.4 Å². The molecule has 0 spiro atoms. The van der Waals surface area contributed by atoms with Crippen LogP contribution in [0.2, 0.25) is 0 Å². The average Bonchev–Trinajstić information content (AvgIpc) is 3.30. The smallest absolute Gasteiger partial charge is 0.343 e. The van der Waals surface area contributed by atoms with Gasteiger partial charge in [0.25, 0.3) is 0 Å². The zero-order chi connectivity index (χ0) is 20.5. The summed E-state index contributed by atoms with van der Waals surface area (Å²) in [6.07, 6.45) is 3.56. The van der Waals surface area contributed by atoms with Crippen LogP contribution in [0, 0.1) is 5.82 Å². The minimum absolute atomic E-state index is 0.147. The van der Waals surface area contributed by atoms with Gasteiger partial charge in [-0.05, 0) is 32.0 Å². The first-order chi connectivity index (χ1) is 14.0. The van der Waals surface area contributed by atoms with E-state index in [1.54, 1.807) is 19.2 Å². The lowest BCUT2D eigenvalue weighted by atomic mass is 10.0. The van der Waals surface area contributed by atoms with Crippen molar-refractivity contribution in [1.82, 2.24) is 14.6 Å². The van der Waals surface area contributed by atoms with Crippen molar-refractivity contribution >= 4 is 17.4 Å². The largest absolute Gasteiger partial charge is 0.488 e. The molecule has 9 heteroatoms. The second kappa shape index (κ2) is 7.67. The summed E-state index contributed by atoms with van der Waals surface area (Å²) in [7, 11) is 0. The number of fused-ring (bicyclic) bond motifs is 2. The third-order valence-corrected chi connectivity index (χ3v) is 4.85. The number of halogens is 1. The van der Waals surface area contributed by atoms with Crippen molar-refractivity contribution in [1.29, 1.82) is 0 Å². The first kappa shape index (κ1) is 19.1. The van der Waals surface area contributed by atoms with E-state index in [-0.39, 0.29) is 30.1 Å². The summed E-state index contributed by atoms with van der Waals surface area (Å²) in [5.41, 5.74) is 7.88. The predicted octanol–water partition coefficient (Wildman–Crippen LogP) is 2.48. The minimum atomic E-state index is -0.482. The number of aromatic nitrogens is 3. The molecule has 2 aromatic heterocycles. The molecule has 2 atom stereocenters. The van der Waals surface area contributed by atoms with Gasteiger partial charge in [-0.25, -0.2) is 18.7 Å². The van der Waals surface area contributed by atoms with Crippen LogP contribution in [0.4, 0.5) is 10.2 Å². The summed E-state index contributed by atoms with van der Waals surface area (Å²) in [6.45, 7) is 4.26. The van der Waals surface area contributed by atoms with Crippen molar-refractivity contribution in [2.24, 2.45) is 5.73 Å². The molecule has 0 fully saturated rings. The summed E-state index contributed by atoms with van der Waals surface area (Å²) < 4.78 is 26.6. The van der Waals surface area contributed by atoms with Crippen LogP contribution < -0.4 is 15.8 Å². The van der Waals surface area contributed by atoms with Crippen LogP contribution in [0.3, 0.4) is 0 Å². The molecule has 0 bridgehead atoms. The van der Waals surface area contributed by atoms with Gasteiger partial charge in [-0.15, -0.1) is 0 Å². The molecule has 0 amide bonds. The average molecular weight is 399 g/mol. The van der Waals surface area contributed by atoms with Gasteiger partial charge in [0.2, 0.25) is 0 Å². The molecule has 3 aromatic rings. The topological polar surface area (TPSA) is 104 Å². The number of anilines is 1. The van der Waals surface area contributed by atoms with Crippen molar-refractivity contribution in [2.75, 3.05) is 18.5 Å². The van der Waals surface area contributed by atoms with Gasteiger partial charge in [-0.1, -0.05) is 0 Å². The lowest BCUT2D eigenvalue weighted by Crippen LogP contribution is -2.24. The van der Waals surface area contributed by atoms with E-state index < -0.39 is 5.97 Å². The molecule has 1 aliphatic heterocycles. The van der Waals surface area contributed by atoms with Crippen LogP contribution >= 0.6 is 0 Å². The summed E-state index contributed by atoms with van der Waals surface area (Å²) in [4.78, 5) is 16.6. The monoisotopic (exact) mass is 399 g/mol. The Balaban J connectivity index is 1.63. The Labute approximate surface area is 166 Å². The predicted molar refractivity (Wildman–Crippen MR) is 105 cm³/mol. The summed E-state index contributed by atoms with van der Waals surface area (Å²) in [6, 6.07) is 4.38. The van der Waals surface area contributed by atoms with Crippen molar-refractivity contribution in [3.05, 3.63) is 53.1 Å². The molecular weight excluding hydrogens is 377 g/mol. The molecule has 29 heavy (non-hydrogen) atoms. The van der Waals surface area contributed by atoms with Crippen molar-refractivity contribution in [2.45, 2.75) is 32.4 Å². The van der Waals surface area contributed by atoms with E-state index in [4.69, 9.17) is 15.2 Å². The highest BCUT2D eigenvalue weighted by Crippen LogP contribution is 2.37. The molecule has 0 saturated heterocycles. The third-order valence-electron chi connectivity index (χ3n) is 4.85. The van der Waals surface area contributed by atoms with E-state index in [1.807, 2.05) is 6.92 Å². The summed E-state index contributed by atoms with van der Waals surface area (Å²) in [5.74, 6) is 0.378. The molecular formula is C20H22FN5O3.